The molecule has 142 valence electrons. The summed E-state index contributed by atoms with van der Waals surface area (Å²) in [7, 11) is 0. The van der Waals surface area contributed by atoms with Crippen molar-refractivity contribution in [2.45, 2.75) is 26.3 Å². The van der Waals surface area contributed by atoms with Crippen LogP contribution in [0.25, 0.3) is 10.7 Å². The lowest BCUT2D eigenvalue weighted by molar-refractivity contribution is -0.122. The maximum atomic E-state index is 12.7. The van der Waals surface area contributed by atoms with E-state index in [-0.39, 0.29) is 18.6 Å². The maximum absolute atomic E-state index is 12.7. The van der Waals surface area contributed by atoms with Gasteiger partial charge in [0, 0.05) is 17.9 Å². The van der Waals surface area contributed by atoms with Crippen LogP contribution < -0.4 is 4.90 Å². The molecule has 6 nitrogen and oxygen atoms in total. The van der Waals surface area contributed by atoms with E-state index in [1.807, 2.05) is 49.4 Å². The van der Waals surface area contributed by atoms with Crippen molar-refractivity contribution in [3.63, 3.8) is 0 Å². The number of hydrogen-bond donors (Lipinski definition) is 0. The summed E-state index contributed by atoms with van der Waals surface area (Å²) in [5.74, 6) is -0.761. The van der Waals surface area contributed by atoms with Crippen molar-refractivity contribution in [1.29, 1.82) is 0 Å². The highest BCUT2D eigenvalue weighted by molar-refractivity contribution is 7.17. The molecule has 3 heterocycles. The van der Waals surface area contributed by atoms with Crippen LogP contribution in [0.2, 0.25) is 0 Å². The van der Waals surface area contributed by atoms with Crippen molar-refractivity contribution < 1.29 is 14.3 Å². The predicted octanol–water partition coefficient (Wildman–Crippen LogP) is 3.65. The number of hydrogen-bond acceptors (Lipinski definition) is 6. The molecule has 7 heteroatoms. The summed E-state index contributed by atoms with van der Waals surface area (Å²) in [5, 5.41) is 0.651. The van der Waals surface area contributed by atoms with Gasteiger partial charge in [0.25, 0.3) is 5.91 Å². The van der Waals surface area contributed by atoms with Crippen LogP contribution >= 0.6 is 11.3 Å². The van der Waals surface area contributed by atoms with Gasteiger partial charge in [0.1, 0.15) is 9.88 Å². The monoisotopic (exact) mass is 393 g/mol. The van der Waals surface area contributed by atoms with Crippen LogP contribution in [-0.4, -0.2) is 34.5 Å². The molecule has 0 bridgehead atoms. The van der Waals surface area contributed by atoms with Gasteiger partial charge in [-0.2, -0.15) is 0 Å². The Hall–Kier alpha value is -3.06. The maximum Gasteiger partial charge on any atom is 0.350 e. The van der Waals surface area contributed by atoms with E-state index in [1.54, 1.807) is 18.0 Å². The van der Waals surface area contributed by atoms with Crippen molar-refractivity contribution in [2.24, 2.45) is 0 Å². The zero-order valence-electron chi connectivity index (χ0n) is 15.6. The first-order valence-corrected chi connectivity index (χ1v) is 9.82. The van der Waals surface area contributed by atoms with Crippen molar-refractivity contribution in [3.8, 4) is 10.7 Å². The Morgan fingerprint density at radius 1 is 1.21 bits per heavy atom. The lowest BCUT2D eigenvalue weighted by Gasteiger charge is -2.22. The topological polar surface area (TPSA) is 72.4 Å². The summed E-state index contributed by atoms with van der Waals surface area (Å²) in [6, 6.07) is 13.4. The lowest BCUT2D eigenvalue weighted by atomic mass is 10.1. The van der Waals surface area contributed by atoms with E-state index in [1.165, 1.54) is 11.3 Å². The van der Waals surface area contributed by atoms with E-state index >= 15 is 0 Å². The summed E-state index contributed by atoms with van der Waals surface area (Å²) in [6.45, 7) is 3.44. The summed E-state index contributed by atoms with van der Waals surface area (Å²) in [5.41, 5.74) is 3.30. The Labute approximate surface area is 166 Å². The highest BCUT2D eigenvalue weighted by Crippen LogP contribution is 2.32. The fourth-order valence-electron chi connectivity index (χ4n) is 3.39. The van der Waals surface area contributed by atoms with E-state index in [4.69, 9.17) is 4.74 Å². The van der Waals surface area contributed by atoms with Crippen LogP contribution in [0.5, 0.6) is 0 Å². The fourth-order valence-corrected chi connectivity index (χ4v) is 4.33. The molecule has 0 radical (unpaired) electrons. The minimum absolute atomic E-state index is 0.0458. The Morgan fingerprint density at radius 2 is 2.00 bits per heavy atom. The van der Waals surface area contributed by atoms with Crippen LogP contribution in [0.1, 0.15) is 27.9 Å². The molecule has 0 aliphatic carbocycles. The Kier molecular flexibility index (Phi) is 4.92. The second-order valence-corrected chi connectivity index (χ2v) is 7.67. The molecule has 0 saturated heterocycles. The van der Waals surface area contributed by atoms with Crippen molar-refractivity contribution in [3.05, 3.63) is 64.8 Å². The summed E-state index contributed by atoms with van der Waals surface area (Å²) in [6.07, 6.45) is 2.48. The summed E-state index contributed by atoms with van der Waals surface area (Å²) in [4.78, 5) is 36.0. The Bertz CT molecular complexity index is 1030. The number of thiazole rings is 1. The van der Waals surface area contributed by atoms with Gasteiger partial charge in [0.15, 0.2) is 6.61 Å². The molecular weight excluding hydrogens is 374 g/mol. The van der Waals surface area contributed by atoms with Gasteiger partial charge in [0.05, 0.1) is 11.4 Å². The van der Waals surface area contributed by atoms with Gasteiger partial charge in [-0.15, -0.1) is 11.3 Å². The molecule has 1 aromatic carbocycles. The molecule has 0 saturated carbocycles. The first kappa shape index (κ1) is 18.3. The zero-order chi connectivity index (χ0) is 19.7. The summed E-state index contributed by atoms with van der Waals surface area (Å²) < 4.78 is 5.32. The first-order valence-electron chi connectivity index (χ1n) is 9.00. The molecule has 2 aromatic heterocycles. The third-order valence-electron chi connectivity index (χ3n) is 4.67. The van der Waals surface area contributed by atoms with Gasteiger partial charge in [-0.1, -0.05) is 24.3 Å². The van der Waals surface area contributed by atoms with Crippen LogP contribution in [0.4, 0.5) is 5.69 Å². The molecule has 1 aliphatic heterocycles. The molecule has 0 spiro atoms. The molecular formula is C21H19N3O3S. The Morgan fingerprint density at radius 3 is 2.79 bits per heavy atom. The van der Waals surface area contributed by atoms with E-state index in [0.29, 0.717) is 21.3 Å². The third-order valence-corrected chi connectivity index (χ3v) is 5.83. The largest absolute Gasteiger partial charge is 0.451 e. The highest BCUT2D eigenvalue weighted by atomic mass is 32.1. The molecule has 0 N–H and O–H groups in total. The van der Waals surface area contributed by atoms with Gasteiger partial charge in [-0.25, -0.2) is 9.78 Å². The molecule has 0 fully saturated rings. The molecule has 1 aliphatic rings. The van der Waals surface area contributed by atoms with E-state index in [0.717, 1.165) is 17.7 Å². The Balaban J connectivity index is 1.45. The quantitative estimate of drug-likeness (QED) is 0.633. The van der Waals surface area contributed by atoms with E-state index in [2.05, 4.69) is 9.97 Å². The van der Waals surface area contributed by atoms with Gasteiger partial charge >= 0.3 is 5.97 Å². The van der Waals surface area contributed by atoms with Crippen LogP contribution in [0.3, 0.4) is 0 Å². The number of rotatable bonds is 4. The predicted molar refractivity (Wildman–Crippen MR) is 107 cm³/mol. The van der Waals surface area contributed by atoms with Gasteiger partial charge in [-0.05, 0) is 44.0 Å². The normalized spacial score (nSPS) is 15.4. The molecule has 0 unspecified atom stereocenters. The second kappa shape index (κ2) is 7.52. The van der Waals surface area contributed by atoms with E-state index < -0.39 is 5.97 Å². The van der Waals surface area contributed by atoms with Gasteiger partial charge in [0.2, 0.25) is 0 Å². The third kappa shape index (κ3) is 3.41. The van der Waals surface area contributed by atoms with Crippen LogP contribution in [-0.2, 0) is 16.0 Å². The number of aromatic nitrogens is 2. The summed E-state index contributed by atoms with van der Waals surface area (Å²) >= 11 is 1.22. The minimum Gasteiger partial charge on any atom is -0.451 e. The number of esters is 1. The van der Waals surface area contributed by atoms with Gasteiger partial charge in [-0.3, -0.25) is 9.78 Å². The number of amides is 1. The van der Waals surface area contributed by atoms with Crippen molar-refractivity contribution >= 4 is 28.9 Å². The number of anilines is 1. The first-order chi connectivity index (χ1) is 13.5. The molecule has 3 aromatic rings. The number of aryl methyl sites for hydroxylation is 1. The number of nitrogens with zero attached hydrogens (tertiary/aromatic N) is 3. The molecule has 4 rings (SSSR count). The van der Waals surface area contributed by atoms with Crippen LogP contribution in [0, 0.1) is 6.92 Å². The smallest absolute Gasteiger partial charge is 0.350 e. The molecule has 1 atom stereocenters. The second-order valence-electron chi connectivity index (χ2n) is 6.67. The number of benzene rings is 1. The number of para-hydroxylation sites is 1. The number of fused-ring (bicyclic) bond motifs is 1. The number of carbonyl (C=O) groups excluding carboxylic acids is 2. The number of pyridine rings is 1. The molecule has 1 amide bonds. The minimum atomic E-state index is -0.536. The standard InChI is InChI=1S/C21H19N3O3S/c1-13-11-15-7-3-4-9-17(15)24(13)18(25)12-27-21(26)19-14(2)23-20(28-19)16-8-5-6-10-22-16/h3-10,13H,11-12H2,1-2H3/t13-/m0/s1. The average Bonchev–Trinajstić information content (AvgIpc) is 3.26. The lowest BCUT2D eigenvalue weighted by Crippen LogP contribution is -2.38. The molecule has 28 heavy (non-hydrogen) atoms. The van der Waals surface area contributed by atoms with Crippen molar-refractivity contribution in [1.82, 2.24) is 9.97 Å². The number of carbonyl (C=O) groups is 2. The van der Waals surface area contributed by atoms with Gasteiger partial charge < -0.3 is 9.64 Å². The van der Waals surface area contributed by atoms with Crippen molar-refractivity contribution in [2.75, 3.05) is 11.5 Å². The highest BCUT2D eigenvalue weighted by Gasteiger charge is 2.31. The fraction of sp³-hybridized carbons (Fsp3) is 0.238. The van der Waals surface area contributed by atoms with Crippen LogP contribution in [0.15, 0.2) is 48.7 Å². The zero-order valence-corrected chi connectivity index (χ0v) is 16.4. The van der Waals surface area contributed by atoms with E-state index in [9.17, 15) is 9.59 Å². The average molecular weight is 393 g/mol. The number of ether oxygens (including phenoxy) is 1. The SMILES string of the molecule is Cc1nc(-c2ccccn2)sc1C(=O)OCC(=O)N1c2ccccc2C[C@@H]1C.